The van der Waals surface area contributed by atoms with Crippen LogP contribution in [0.3, 0.4) is 0 Å². The Kier molecular flexibility index (Phi) is 34.7. The third-order valence-corrected chi connectivity index (χ3v) is 9.47. The van der Waals surface area contributed by atoms with Crippen LogP contribution in [0.1, 0.15) is 194 Å². The van der Waals surface area contributed by atoms with Crippen molar-refractivity contribution < 1.29 is 38.7 Å². The van der Waals surface area contributed by atoms with Crippen molar-refractivity contribution in [2.45, 2.75) is 218 Å². The summed E-state index contributed by atoms with van der Waals surface area (Å²) in [7, 11) is 3.37. The predicted molar refractivity (Wildman–Crippen MR) is 196 cm³/mol. The number of aliphatic hydroxyl groups is 2. The molecule has 286 valence electrons. The Bertz CT molecular complexity index is 703. The van der Waals surface area contributed by atoms with Crippen LogP contribution in [0.15, 0.2) is 0 Å². The Morgan fingerprint density at radius 3 is 1.10 bits per heavy atom. The maximum atomic E-state index is 12.0. The Morgan fingerprint density at radius 1 is 0.438 bits per heavy atom. The summed E-state index contributed by atoms with van der Waals surface area (Å²) in [6.07, 6.45) is 27.1. The maximum Gasteiger partial charge on any atom is 0.305 e. The topological polar surface area (TPSA) is 112 Å². The minimum absolute atomic E-state index is 0.0831. The summed E-state index contributed by atoms with van der Waals surface area (Å²) < 4.78 is 21.7. The third kappa shape index (κ3) is 29.7. The Hall–Kier alpha value is -1.22. The van der Waals surface area contributed by atoms with Gasteiger partial charge in [0.2, 0.25) is 0 Å². The van der Waals surface area contributed by atoms with Gasteiger partial charge in [-0.25, -0.2) is 0 Å². The molecule has 8 heteroatoms. The van der Waals surface area contributed by atoms with Crippen molar-refractivity contribution in [1.82, 2.24) is 0 Å². The molecule has 0 aromatic heterocycles. The van der Waals surface area contributed by atoms with E-state index in [4.69, 9.17) is 18.9 Å². The molecular formula is C40H78O8. The lowest BCUT2D eigenvalue weighted by atomic mass is 9.99. The molecule has 0 radical (unpaired) electrons. The van der Waals surface area contributed by atoms with Gasteiger partial charge in [-0.1, -0.05) is 136 Å². The van der Waals surface area contributed by atoms with E-state index in [9.17, 15) is 19.8 Å². The summed E-state index contributed by atoms with van der Waals surface area (Å²) in [5, 5.41) is 20.9. The number of ether oxygens (including phenoxy) is 4. The number of esters is 2. The third-order valence-electron chi connectivity index (χ3n) is 9.47. The molecule has 0 saturated heterocycles. The SMILES string of the molecule is CCCCCCCCC(O)C(CCCCCCCC(=O)OCCCOC(=O)CCCCCCC(OC)C(O)CCCCCCCC)OC. The average Bonchev–Trinajstić information content (AvgIpc) is 3.08. The van der Waals surface area contributed by atoms with Crippen LogP contribution in [-0.2, 0) is 28.5 Å². The molecule has 0 aromatic rings. The Labute approximate surface area is 295 Å². The molecule has 48 heavy (non-hydrogen) atoms. The molecular weight excluding hydrogens is 608 g/mol. The molecule has 0 spiro atoms. The molecule has 0 aromatic carbocycles. The lowest BCUT2D eigenvalue weighted by molar-refractivity contribution is -0.146. The van der Waals surface area contributed by atoms with E-state index < -0.39 is 6.10 Å². The van der Waals surface area contributed by atoms with Gasteiger partial charge in [-0.15, -0.1) is 0 Å². The highest BCUT2D eigenvalue weighted by molar-refractivity contribution is 5.69. The second-order valence-electron chi connectivity index (χ2n) is 13.8. The number of unbranched alkanes of at least 4 members (excludes halogenated alkanes) is 17. The van der Waals surface area contributed by atoms with Gasteiger partial charge in [-0.2, -0.15) is 0 Å². The van der Waals surface area contributed by atoms with Gasteiger partial charge in [0.15, 0.2) is 0 Å². The number of hydrogen-bond donors (Lipinski definition) is 2. The van der Waals surface area contributed by atoms with Gasteiger partial charge >= 0.3 is 11.9 Å². The van der Waals surface area contributed by atoms with E-state index in [2.05, 4.69) is 13.8 Å². The Morgan fingerprint density at radius 2 is 0.750 bits per heavy atom. The standard InChI is InChI=1S/C40H78O8/c1-5-7-9-11-14-20-27-35(41)37(45-3)29-22-16-13-17-24-31-39(43)47-33-26-34-48-40(44)32-25-19-18-23-30-38(46-4)36(42)28-21-15-12-10-8-6-2/h35-38,41-42H,5-34H2,1-4H3. The number of carbonyl (C=O) groups is 2. The minimum Gasteiger partial charge on any atom is -0.466 e. The van der Waals surface area contributed by atoms with Crippen LogP contribution in [0.5, 0.6) is 0 Å². The fourth-order valence-corrected chi connectivity index (χ4v) is 6.26. The molecule has 0 bridgehead atoms. The fraction of sp³-hybridized carbons (Fsp3) is 0.950. The van der Waals surface area contributed by atoms with Crippen molar-refractivity contribution >= 4 is 11.9 Å². The van der Waals surface area contributed by atoms with Crippen LogP contribution in [0, 0.1) is 0 Å². The second kappa shape index (κ2) is 35.6. The number of carbonyl (C=O) groups excluding carboxylic acids is 2. The van der Waals surface area contributed by atoms with Gasteiger partial charge in [0.05, 0.1) is 37.6 Å². The van der Waals surface area contributed by atoms with Crippen molar-refractivity contribution in [3.05, 3.63) is 0 Å². The largest absolute Gasteiger partial charge is 0.466 e. The molecule has 0 fully saturated rings. The molecule has 0 rings (SSSR count). The van der Waals surface area contributed by atoms with Crippen LogP contribution in [0.4, 0.5) is 0 Å². The first-order valence-corrected chi connectivity index (χ1v) is 20.1. The van der Waals surface area contributed by atoms with E-state index in [0.29, 0.717) is 19.3 Å². The molecule has 4 unspecified atom stereocenters. The maximum absolute atomic E-state index is 12.0. The molecule has 0 aliphatic carbocycles. The van der Waals surface area contributed by atoms with Crippen molar-refractivity contribution in [3.8, 4) is 0 Å². The van der Waals surface area contributed by atoms with Crippen LogP contribution in [0.25, 0.3) is 0 Å². The van der Waals surface area contributed by atoms with Crippen molar-refractivity contribution in [3.63, 3.8) is 0 Å². The van der Waals surface area contributed by atoms with Gasteiger partial charge in [0.25, 0.3) is 0 Å². The molecule has 0 aliphatic rings. The fourth-order valence-electron chi connectivity index (χ4n) is 6.26. The summed E-state index contributed by atoms with van der Waals surface area (Å²) in [4.78, 5) is 24.0. The molecule has 2 N–H and O–H groups in total. The quantitative estimate of drug-likeness (QED) is 0.0491. The van der Waals surface area contributed by atoms with E-state index in [1.165, 1.54) is 64.2 Å². The highest BCUT2D eigenvalue weighted by Crippen LogP contribution is 2.19. The first-order chi connectivity index (χ1) is 23.4. The summed E-state index contributed by atoms with van der Waals surface area (Å²) in [6, 6.07) is 0. The highest BCUT2D eigenvalue weighted by Gasteiger charge is 2.19. The number of rotatable bonds is 37. The van der Waals surface area contributed by atoms with Gasteiger partial charge in [0.1, 0.15) is 0 Å². The predicted octanol–water partition coefficient (Wildman–Crippen LogP) is 9.79. The van der Waals surface area contributed by atoms with Gasteiger partial charge in [-0.05, 0) is 38.5 Å². The number of aliphatic hydroxyl groups excluding tert-OH is 2. The zero-order valence-corrected chi connectivity index (χ0v) is 31.9. The Balaban J connectivity index is 3.65. The van der Waals surface area contributed by atoms with Crippen molar-refractivity contribution in [1.29, 1.82) is 0 Å². The van der Waals surface area contributed by atoms with Gasteiger partial charge in [0, 0.05) is 33.5 Å². The molecule has 0 heterocycles. The zero-order valence-electron chi connectivity index (χ0n) is 31.9. The summed E-state index contributed by atoms with van der Waals surface area (Å²) in [6.45, 7) is 4.99. The summed E-state index contributed by atoms with van der Waals surface area (Å²) in [5.74, 6) is -0.390. The molecule has 4 atom stereocenters. The smallest absolute Gasteiger partial charge is 0.305 e. The number of methoxy groups -OCH3 is 2. The molecule has 0 aliphatic heterocycles. The van der Waals surface area contributed by atoms with Crippen molar-refractivity contribution in [2.24, 2.45) is 0 Å². The average molecular weight is 687 g/mol. The lowest BCUT2D eigenvalue weighted by Crippen LogP contribution is -2.27. The molecule has 8 nitrogen and oxygen atoms in total. The van der Waals surface area contributed by atoms with Crippen LogP contribution in [0.2, 0.25) is 0 Å². The van der Waals surface area contributed by atoms with E-state index in [1.807, 2.05) is 0 Å². The van der Waals surface area contributed by atoms with E-state index in [1.54, 1.807) is 14.2 Å². The van der Waals surface area contributed by atoms with Gasteiger partial charge in [-0.3, -0.25) is 9.59 Å². The summed E-state index contributed by atoms with van der Waals surface area (Å²) in [5.41, 5.74) is 0. The lowest BCUT2D eigenvalue weighted by Gasteiger charge is -2.21. The van der Waals surface area contributed by atoms with Crippen LogP contribution < -0.4 is 0 Å². The van der Waals surface area contributed by atoms with E-state index in [0.717, 1.165) is 96.3 Å². The first kappa shape index (κ1) is 46.8. The monoisotopic (exact) mass is 687 g/mol. The number of hydrogen-bond acceptors (Lipinski definition) is 8. The second-order valence-corrected chi connectivity index (χ2v) is 13.8. The van der Waals surface area contributed by atoms with Crippen molar-refractivity contribution in [2.75, 3.05) is 27.4 Å². The summed E-state index contributed by atoms with van der Waals surface area (Å²) >= 11 is 0. The minimum atomic E-state index is -0.397. The van der Waals surface area contributed by atoms with E-state index in [-0.39, 0.29) is 43.5 Å². The zero-order chi connectivity index (χ0) is 35.5. The highest BCUT2D eigenvalue weighted by atomic mass is 16.5. The van der Waals surface area contributed by atoms with Gasteiger partial charge < -0.3 is 29.2 Å². The van der Waals surface area contributed by atoms with Crippen LogP contribution >= 0.6 is 0 Å². The van der Waals surface area contributed by atoms with Crippen LogP contribution in [-0.4, -0.2) is 74.0 Å². The molecule has 0 amide bonds. The normalized spacial score (nSPS) is 14.0. The van der Waals surface area contributed by atoms with E-state index >= 15 is 0 Å². The molecule has 0 saturated carbocycles. The first-order valence-electron chi connectivity index (χ1n) is 20.1.